The maximum atomic E-state index is 12.3. The lowest BCUT2D eigenvalue weighted by atomic mass is 9.99. The van der Waals surface area contributed by atoms with Crippen molar-refractivity contribution in [2.24, 2.45) is 5.92 Å². The molecule has 0 aromatic rings. The average Bonchev–Trinajstić information content (AvgIpc) is 2.37. The van der Waals surface area contributed by atoms with E-state index in [4.69, 9.17) is 0 Å². The van der Waals surface area contributed by atoms with Gasteiger partial charge in [-0.25, -0.2) is 0 Å². The van der Waals surface area contributed by atoms with E-state index in [1.54, 1.807) is 0 Å². The summed E-state index contributed by atoms with van der Waals surface area (Å²) in [6.45, 7) is 8.93. The molecule has 1 fully saturated rings. The zero-order chi connectivity index (χ0) is 13.7. The Labute approximate surface area is 110 Å². The number of nitrogens with zero attached hydrogens (tertiary/aromatic N) is 1. The number of carbonyl (C=O) groups excluding carboxylic acids is 2. The van der Waals surface area contributed by atoms with Gasteiger partial charge in [-0.05, 0) is 18.8 Å². The second-order valence-electron chi connectivity index (χ2n) is 5.28. The van der Waals surface area contributed by atoms with Gasteiger partial charge < -0.3 is 10.2 Å². The summed E-state index contributed by atoms with van der Waals surface area (Å²) in [6, 6.07) is -0.589. The van der Waals surface area contributed by atoms with Gasteiger partial charge in [-0.15, -0.1) is 0 Å². The summed E-state index contributed by atoms with van der Waals surface area (Å²) in [5.74, 6) is 0.555. The van der Waals surface area contributed by atoms with E-state index in [0.717, 1.165) is 19.3 Å². The van der Waals surface area contributed by atoms with E-state index in [-0.39, 0.29) is 23.9 Å². The Kier molecular flexibility index (Phi) is 5.63. The first-order valence-electron chi connectivity index (χ1n) is 7.15. The van der Waals surface area contributed by atoms with Gasteiger partial charge in [-0.1, -0.05) is 40.5 Å². The van der Waals surface area contributed by atoms with Crippen LogP contribution in [0.3, 0.4) is 0 Å². The number of hydrogen-bond acceptors (Lipinski definition) is 2. The SMILES string of the molecule is CCCC1C(=O)NC(CC)C(=O)N1CC(C)CC. The van der Waals surface area contributed by atoms with Crippen LogP contribution < -0.4 is 5.32 Å². The number of carbonyl (C=O) groups is 2. The molecule has 1 aliphatic rings. The highest BCUT2D eigenvalue weighted by atomic mass is 16.2. The predicted molar refractivity (Wildman–Crippen MR) is 72.1 cm³/mol. The van der Waals surface area contributed by atoms with Crippen LogP contribution in [0.15, 0.2) is 0 Å². The van der Waals surface area contributed by atoms with Crippen molar-refractivity contribution in [1.29, 1.82) is 0 Å². The molecule has 0 aromatic carbocycles. The fraction of sp³-hybridized carbons (Fsp3) is 0.857. The van der Waals surface area contributed by atoms with Crippen LogP contribution in [0, 0.1) is 5.92 Å². The van der Waals surface area contributed by atoms with Crippen molar-refractivity contribution in [2.75, 3.05) is 6.54 Å². The number of amides is 2. The van der Waals surface area contributed by atoms with Crippen molar-refractivity contribution in [3.05, 3.63) is 0 Å². The molecule has 3 atom stereocenters. The second-order valence-corrected chi connectivity index (χ2v) is 5.28. The third-order valence-electron chi connectivity index (χ3n) is 3.75. The van der Waals surface area contributed by atoms with Gasteiger partial charge in [0.2, 0.25) is 11.8 Å². The second kappa shape index (κ2) is 6.76. The van der Waals surface area contributed by atoms with E-state index in [0.29, 0.717) is 18.9 Å². The monoisotopic (exact) mass is 254 g/mol. The Morgan fingerprint density at radius 3 is 2.44 bits per heavy atom. The van der Waals surface area contributed by atoms with E-state index in [1.165, 1.54) is 0 Å². The van der Waals surface area contributed by atoms with Crippen molar-refractivity contribution in [1.82, 2.24) is 10.2 Å². The molecule has 1 heterocycles. The van der Waals surface area contributed by atoms with Crippen LogP contribution in [-0.2, 0) is 9.59 Å². The Morgan fingerprint density at radius 2 is 1.94 bits per heavy atom. The lowest BCUT2D eigenvalue weighted by molar-refractivity contribution is -0.150. The number of rotatable bonds is 6. The molecule has 0 aliphatic carbocycles. The van der Waals surface area contributed by atoms with E-state index >= 15 is 0 Å². The molecule has 1 N–H and O–H groups in total. The lowest BCUT2D eigenvalue weighted by Gasteiger charge is -2.40. The summed E-state index contributed by atoms with van der Waals surface area (Å²) in [7, 11) is 0. The highest BCUT2D eigenvalue weighted by Crippen LogP contribution is 2.18. The Bertz CT molecular complexity index is 304. The zero-order valence-electron chi connectivity index (χ0n) is 12.0. The van der Waals surface area contributed by atoms with Crippen molar-refractivity contribution in [3.8, 4) is 0 Å². The molecule has 1 saturated heterocycles. The summed E-state index contributed by atoms with van der Waals surface area (Å²) in [6.07, 6.45) is 3.37. The van der Waals surface area contributed by atoms with Crippen molar-refractivity contribution in [3.63, 3.8) is 0 Å². The maximum absolute atomic E-state index is 12.3. The normalized spacial score (nSPS) is 26.1. The fourth-order valence-corrected chi connectivity index (χ4v) is 2.34. The van der Waals surface area contributed by atoms with Crippen molar-refractivity contribution >= 4 is 11.8 Å². The van der Waals surface area contributed by atoms with E-state index in [1.807, 2.05) is 18.7 Å². The van der Waals surface area contributed by atoms with Gasteiger partial charge in [-0.2, -0.15) is 0 Å². The molecule has 4 heteroatoms. The number of piperazine rings is 1. The number of hydrogen-bond donors (Lipinski definition) is 1. The maximum Gasteiger partial charge on any atom is 0.245 e. The number of nitrogens with one attached hydrogen (secondary N) is 1. The van der Waals surface area contributed by atoms with E-state index in [2.05, 4.69) is 19.2 Å². The van der Waals surface area contributed by atoms with Crippen LogP contribution in [0.5, 0.6) is 0 Å². The molecule has 18 heavy (non-hydrogen) atoms. The standard InChI is InChI=1S/C14H26N2O2/c1-5-8-12-13(17)15-11(7-3)14(18)16(12)9-10(4)6-2/h10-12H,5-9H2,1-4H3,(H,15,17). The molecule has 0 aromatic heterocycles. The van der Waals surface area contributed by atoms with Crippen molar-refractivity contribution < 1.29 is 9.59 Å². The summed E-state index contributed by atoms with van der Waals surface area (Å²) < 4.78 is 0. The van der Waals surface area contributed by atoms with Gasteiger partial charge in [0.05, 0.1) is 0 Å². The van der Waals surface area contributed by atoms with Gasteiger partial charge in [0.25, 0.3) is 0 Å². The molecule has 0 spiro atoms. The van der Waals surface area contributed by atoms with Gasteiger partial charge in [0.15, 0.2) is 0 Å². The molecular weight excluding hydrogens is 228 g/mol. The molecule has 0 bridgehead atoms. The van der Waals surface area contributed by atoms with Crippen LogP contribution in [-0.4, -0.2) is 35.3 Å². The summed E-state index contributed by atoms with van der Waals surface area (Å²) in [5, 5.41) is 2.84. The fourth-order valence-electron chi connectivity index (χ4n) is 2.34. The summed E-state index contributed by atoms with van der Waals surface area (Å²) in [4.78, 5) is 26.2. The summed E-state index contributed by atoms with van der Waals surface area (Å²) >= 11 is 0. The Balaban J connectivity index is 2.86. The van der Waals surface area contributed by atoms with Gasteiger partial charge in [0, 0.05) is 6.54 Å². The van der Waals surface area contributed by atoms with Crippen LogP contribution >= 0.6 is 0 Å². The van der Waals surface area contributed by atoms with Gasteiger partial charge in [-0.3, -0.25) is 9.59 Å². The Morgan fingerprint density at radius 1 is 1.28 bits per heavy atom. The molecule has 1 rings (SSSR count). The molecule has 3 unspecified atom stereocenters. The predicted octanol–water partition coefficient (Wildman–Crippen LogP) is 1.94. The highest BCUT2D eigenvalue weighted by Gasteiger charge is 2.39. The molecule has 2 amide bonds. The third kappa shape index (κ3) is 3.24. The van der Waals surface area contributed by atoms with Gasteiger partial charge in [0.1, 0.15) is 12.1 Å². The zero-order valence-corrected chi connectivity index (χ0v) is 12.0. The topological polar surface area (TPSA) is 49.4 Å². The quantitative estimate of drug-likeness (QED) is 0.787. The molecular formula is C14H26N2O2. The van der Waals surface area contributed by atoms with Crippen LogP contribution in [0.25, 0.3) is 0 Å². The molecule has 104 valence electrons. The summed E-state index contributed by atoms with van der Waals surface area (Å²) in [5.41, 5.74) is 0. The smallest absolute Gasteiger partial charge is 0.245 e. The van der Waals surface area contributed by atoms with E-state index in [9.17, 15) is 9.59 Å². The van der Waals surface area contributed by atoms with Crippen LogP contribution in [0.2, 0.25) is 0 Å². The third-order valence-corrected chi connectivity index (χ3v) is 3.75. The minimum Gasteiger partial charge on any atom is -0.343 e. The first-order chi connectivity index (χ1) is 8.54. The lowest BCUT2D eigenvalue weighted by Crippen LogP contribution is -2.63. The van der Waals surface area contributed by atoms with Crippen LogP contribution in [0.4, 0.5) is 0 Å². The van der Waals surface area contributed by atoms with Crippen LogP contribution in [0.1, 0.15) is 53.4 Å². The molecule has 1 aliphatic heterocycles. The molecule has 0 radical (unpaired) electrons. The first kappa shape index (κ1) is 15.0. The Hall–Kier alpha value is -1.06. The van der Waals surface area contributed by atoms with Crippen molar-refractivity contribution in [2.45, 2.75) is 65.5 Å². The largest absolute Gasteiger partial charge is 0.343 e. The molecule has 0 saturated carbocycles. The first-order valence-corrected chi connectivity index (χ1v) is 7.15. The van der Waals surface area contributed by atoms with E-state index < -0.39 is 0 Å². The van der Waals surface area contributed by atoms with Gasteiger partial charge >= 0.3 is 0 Å². The minimum absolute atomic E-state index is 0.0200. The molecule has 4 nitrogen and oxygen atoms in total. The minimum atomic E-state index is -0.324. The highest BCUT2D eigenvalue weighted by molar-refractivity contribution is 5.96. The average molecular weight is 254 g/mol.